The van der Waals surface area contributed by atoms with Gasteiger partial charge in [0.2, 0.25) is 0 Å². The van der Waals surface area contributed by atoms with Gasteiger partial charge >= 0.3 is 5.97 Å². The molecule has 0 aliphatic heterocycles. The predicted octanol–water partition coefficient (Wildman–Crippen LogP) is 2.35. The molecule has 1 heterocycles. The van der Waals surface area contributed by atoms with Crippen LogP contribution in [0.1, 0.15) is 27.2 Å². The van der Waals surface area contributed by atoms with Gasteiger partial charge in [0.25, 0.3) is 0 Å². The molecule has 19 heavy (non-hydrogen) atoms. The van der Waals surface area contributed by atoms with Gasteiger partial charge < -0.3 is 10.4 Å². The summed E-state index contributed by atoms with van der Waals surface area (Å²) in [6.45, 7) is 4.42. The molecule has 0 unspecified atom stereocenters. The highest BCUT2D eigenvalue weighted by Crippen LogP contribution is 2.19. The summed E-state index contributed by atoms with van der Waals surface area (Å²) in [7, 11) is 1.88. The van der Waals surface area contributed by atoms with Crippen molar-refractivity contribution in [1.29, 1.82) is 0 Å². The summed E-state index contributed by atoms with van der Waals surface area (Å²) in [4.78, 5) is 11.2. The molecule has 0 amide bonds. The number of nitrogens with one attached hydrogen (secondary N) is 1. The van der Waals surface area contributed by atoms with Crippen LogP contribution < -0.4 is 5.32 Å². The first-order valence-electron chi connectivity index (χ1n) is 6.04. The Kier molecular flexibility index (Phi) is 3.55. The van der Waals surface area contributed by atoms with Crippen molar-refractivity contribution in [2.75, 3.05) is 5.32 Å². The quantitative estimate of drug-likeness (QED) is 0.884. The molecule has 0 radical (unpaired) electrons. The molecule has 0 fully saturated rings. The summed E-state index contributed by atoms with van der Waals surface area (Å²) in [5, 5.41) is 16.5. The van der Waals surface area contributed by atoms with E-state index in [0.29, 0.717) is 17.8 Å². The van der Waals surface area contributed by atoms with E-state index in [4.69, 9.17) is 0 Å². The fourth-order valence-corrected chi connectivity index (χ4v) is 1.90. The topological polar surface area (TPSA) is 67.2 Å². The Balaban J connectivity index is 2.20. The normalized spacial score (nSPS) is 10.5. The molecule has 5 heteroatoms. The number of aryl methyl sites for hydroxylation is 2. The molecule has 1 aromatic carbocycles. The number of carboxylic acid groups (broad SMARTS) is 1. The molecule has 0 spiro atoms. The van der Waals surface area contributed by atoms with E-state index in [2.05, 4.69) is 10.4 Å². The molecule has 0 aliphatic carbocycles. The number of nitrogens with zero attached hydrogens (tertiary/aromatic N) is 2. The van der Waals surface area contributed by atoms with Crippen molar-refractivity contribution < 1.29 is 9.90 Å². The number of carbonyl (C=O) groups is 1. The number of benzene rings is 1. The van der Waals surface area contributed by atoms with E-state index < -0.39 is 5.97 Å². The zero-order valence-corrected chi connectivity index (χ0v) is 11.3. The number of hydrogen-bond acceptors (Lipinski definition) is 3. The van der Waals surface area contributed by atoms with Gasteiger partial charge in [-0.2, -0.15) is 5.10 Å². The van der Waals surface area contributed by atoms with E-state index in [1.165, 1.54) is 0 Å². The van der Waals surface area contributed by atoms with Crippen LogP contribution in [-0.4, -0.2) is 20.9 Å². The first-order valence-corrected chi connectivity index (χ1v) is 6.04. The molecule has 1 aromatic heterocycles. The maximum absolute atomic E-state index is 11.2. The second-order valence-corrected chi connectivity index (χ2v) is 4.59. The van der Waals surface area contributed by atoms with Crippen LogP contribution >= 0.6 is 0 Å². The lowest BCUT2D eigenvalue weighted by Crippen LogP contribution is -2.07. The Labute approximate surface area is 111 Å². The van der Waals surface area contributed by atoms with Crippen molar-refractivity contribution in [3.63, 3.8) is 0 Å². The van der Waals surface area contributed by atoms with Gasteiger partial charge in [-0.1, -0.05) is 11.6 Å². The molecule has 5 nitrogen and oxygen atoms in total. The minimum Gasteiger partial charge on any atom is -0.478 e. The fourth-order valence-electron chi connectivity index (χ4n) is 1.90. The zero-order valence-electron chi connectivity index (χ0n) is 11.3. The van der Waals surface area contributed by atoms with Crippen LogP contribution in [0.15, 0.2) is 24.4 Å². The van der Waals surface area contributed by atoms with Crippen LogP contribution in [0.4, 0.5) is 5.69 Å². The van der Waals surface area contributed by atoms with Crippen molar-refractivity contribution in [2.24, 2.45) is 7.05 Å². The second-order valence-electron chi connectivity index (χ2n) is 4.59. The third-order valence-electron chi connectivity index (χ3n) is 3.21. The van der Waals surface area contributed by atoms with E-state index in [1.54, 1.807) is 23.0 Å². The summed E-state index contributed by atoms with van der Waals surface area (Å²) in [5.74, 6) is -0.922. The highest BCUT2D eigenvalue weighted by molar-refractivity contribution is 5.94. The van der Waals surface area contributed by atoms with Gasteiger partial charge in [-0.15, -0.1) is 0 Å². The lowest BCUT2D eigenvalue weighted by molar-refractivity contribution is 0.0698. The largest absolute Gasteiger partial charge is 0.478 e. The first kappa shape index (κ1) is 13.1. The third kappa shape index (κ3) is 2.76. The number of carboxylic acids is 1. The Bertz CT molecular complexity index is 617. The third-order valence-corrected chi connectivity index (χ3v) is 3.21. The van der Waals surface area contributed by atoms with Gasteiger partial charge in [0.05, 0.1) is 11.8 Å². The Morgan fingerprint density at radius 1 is 1.42 bits per heavy atom. The van der Waals surface area contributed by atoms with E-state index in [-0.39, 0.29) is 0 Å². The average Bonchev–Trinajstić information content (AvgIpc) is 2.68. The number of rotatable bonds is 4. The zero-order chi connectivity index (χ0) is 14.0. The number of anilines is 1. The maximum atomic E-state index is 11.2. The lowest BCUT2D eigenvalue weighted by atomic mass is 10.1. The Hall–Kier alpha value is -2.30. The molecule has 0 saturated carbocycles. The number of aromatic carboxylic acids is 1. The fraction of sp³-hybridized carbons (Fsp3) is 0.286. The van der Waals surface area contributed by atoms with E-state index in [9.17, 15) is 9.90 Å². The highest BCUT2D eigenvalue weighted by Gasteiger charge is 2.11. The van der Waals surface area contributed by atoms with Gasteiger partial charge in [-0.05, 0) is 26.0 Å². The maximum Gasteiger partial charge on any atom is 0.337 e. The van der Waals surface area contributed by atoms with Crippen LogP contribution in [0.25, 0.3) is 0 Å². The molecule has 0 saturated heterocycles. The van der Waals surface area contributed by atoms with Gasteiger partial charge in [0.1, 0.15) is 0 Å². The van der Waals surface area contributed by atoms with E-state index >= 15 is 0 Å². The summed E-state index contributed by atoms with van der Waals surface area (Å²) in [5.41, 5.74) is 3.97. The first-order chi connectivity index (χ1) is 8.99. The second kappa shape index (κ2) is 5.14. The van der Waals surface area contributed by atoms with Gasteiger partial charge in [0, 0.05) is 30.5 Å². The molecule has 2 rings (SSSR count). The predicted molar refractivity (Wildman–Crippen MR) is 73.4 cm³/mol. The summed E-state index contributed by atoms with van der Waals surface area (Å²) < 4.78 is 1.80. The SMILES string of the molecule is Cc1ccc(NCc2cnn(C)c2C)c(C(=O)O)c1. The number of aromatic nitrogens is 2. The minimum absolute atomic E-state index is 0.293. The van der Waals surface area contributed by atoms with Crippen LogP contribution in [-0.2, 0) is 13.6 Å². The van der Waals surface area contributed by atoms with Crippen LogP contribution in [0.3, 0.4) is 0 Å². The van der Waals surface area contributed by atoms with Gasteiger partial charge in [-0.25, -0.2) is 4.79 Å². The van der Waals surface area contributed by atoms with Crippen LogP contribution in [0, 0.1) is 13.8 Å². The molecular weight excluding hydrogens is 242 g/mol. The molecule has 2 N–H and O–H groups in total. The van der Waals surface area contributed by atoms with Crippen molar-refractivity contribution in [3.8, 4) is 0 Å². The minimum atomic E-state index is -0.922. The Morgan fingerprint density at radius 2 is 2.16 bits per heavy atom. The van der Waals surface area contributed by atoms with Crippen LogP contribution in [0.5, 0.6) is 0 Å². The molecule has 0 bridgehead atoms. The van der Waals surface area contributed by atoms with Crippen molar-refractivity contribution >= 4 is 11.7 Å². The summed E-state index contributed by atoms with van der Waals surface area (Å²) in [6, 6.07) is 5.36. The summed E-state index contributed by atoms with van der Waals surface area (Å²) in [6.07, 6.45) is 1.79. The lowest BCUT2D eigenvalue weighted by Gasteiger charge is -2.10. The molecule has 100 valence electrons. The van der Waals surface area contributed by atoms with E-state index in [0.717, 1.165) is 16.8 Å². The monoisotopic (exact) mass is 259 g/mol. The number of hydrogen-bond donors (Lipinski definition) is 2. The highest BCUT2D eigenvalue weighted by atomic mass is 16.4. The van der Waals surface area contributed by atoms with Gasteiger partial charge in [-0.3, -0.25) is 4.68 Å². The van der Waals surface area contributed by atoms with Crippen molar-refractivity contribution in [3.05, 3.63) is 46.8 Å². The van der Waals surface area contributed by atoms with Crippen molar-refractivity contribution in [1.82, 2.24) is 9.78 Å². The van der Waals surface area contributed by atoms with Crippen LogP contribution in [0.2, 0.25) is 0 Å². The molecule has 2 aromatic rings. The van der Waals surface area contributed by atoms with Gasteiger partial charge in [0.15, 0.2) is 0 Å². The molecular formula is C14H17N3O2. The average molecular weight is 259 g/mol. The Morgan fingerprint density at radius 3 is 2.74 bits per heavy atom. The van der Waals surface area contributed by atoms with E-state index in [1.807, 2.05) is 27.0 Å². The molecule has 0 atom stereocenters. The summed E-state index contributed by atoms with van der Waals surface area (Å²) >= 11 is 0. The molecule has 0 aliphatic rings. The van der Waals surface area contributed by atoms with Crippen molar-refractivity contribution in [2.45, 2.75) is 20.4 Å². The standard InChI is InChI=1S/C14H17N3O2/c1-9-4-5-13(12(6-9)14(18)19)15-7-11-8-16-17(3)10(11)2/h4-6,8,15H,7H2,1-3H3,(H,18,19). The smallest absolute Gasteiger partial charge is 0.337 e.